The van der Waals surface area contributed by atoms with Gasteiger partial charge in [-0.15, -0.1) is 0 Å². The second kappa shape index (κ2) is 5.97. The number of hydrogen-bond acceptors (Lipinski definition) is 4. The summed E-state index contributed by atoms with van der Waals surface area (Å²) in [6.45, 7) is 2.81. The van der Waals surface area contributed by atoms with E-state index in [2.05, 4.69) is 5.32 Å². The monoisotopic (exact) mass is 320 g/mol. The third-order valence-electron chi connectivity index (χ3n) is 4.26. The van der Waals surface area contributed by atoms with Crippen LogP contribution in [-0.4, -0.2) is 35.9 Å². The Hall–Kier alpha value is -0.690. The van der Waals surface area contributed by atoms with Crippen LogP contribution in [0.3, 0.4) is 0 Å². The van der Waals surface area contributed by atoms with Crippen molar-refractivity contribution in [3.8, 4) is 0 Å². The molecule has 1 rings (SSSR count). The summed E-state index contributed by atoms with van der Waals surface area (Å²) in [7, 11) is -3.51. The minimum absolute atomic E-state index is 0.247. The van der Waals surface area contributed by atoms with Crippen LogP contribution in [0.2, 0.25) is 0 Å². The Morgan fingerprint density at radius 3 is 2.00 bits per heavy atom. The number of rotatable bonds is 4. The van der Waals surface area contributed by atoms with Gasteiger partial charge in [0.05, 0.1) is 10.5 Å². The van der Waals surface area contributed by atoms with Gasteiger partial charge in [-0.3, -0.25) is 4.79 Å². The molecule has 20 heavy (non-hydrogen) atoms. The average molecular weight is 320 g/mol. The van der Waals surface area contributed by atoms with Crippen LogP contribution < -0.4 is 11.1 Å². The van der Waals surface area contributed by atoms with Gasteiger partial charge in [0, 0.05) is 6.26 Å². The van der Waals surface area contributed by atoms with Crippen molar-refractivity contribution in [2.75, 3.05) is 6.26 Å². The van der Waals surface area contributed by atoms with Crippen molar-refractivity contribution in [2.45, 2.75) is 62.7 Å². The molecule has 3 N–H and O–H groups in total. The lowest BCUT2D eigenvalue weighted by Gasteiger charge is -2.35. The second-order valence-electron chi connectivity index (χ2n) is 6.10. The zero-order valence-corrected chi connectivity index (χ0v) is 14.0. The van der Waals surface area contributed by atoms with Crippen LogP contribution in [-0.2, 0) is 14.6 Å². The summed E-state index contributed by atoms with van der Waals surface area (Å²) in [6, 6.07) is 0. The highest BCUT2D eigenvalue weighted by atomic mass is 32.2. The number of nitrogens with one attached hydrogen (secondary N) is 1. The van der Waals surface area contributed by atoms with Crippen LogP contribution in [0.25, 0.3) is 0 Å². The molecule has 116 valence electrons. The molecule has 0 saturated heterocycles. The Balaban J connectivity index is 3.02. The zero-order chi connectivity index (χ0) is 15.6. The van der Waals surface area contributed by atoms with E-state index in [9.17, 15) is 13.2 Å². The van der Waals surface area contributed by atoms with Gasteiger partial charge < -0.3 is 11.1 Å². The van der Waals surface area contributed by atoms with E-state index in [1.807, 2.05) is 0 Å². The van der Waals surface area contributed by atoms with Gasteiger partial charge in [-0.2, -0.15) is 0 Å². The van der Waals surface area contributed by atoms with Crippen LogP contribution in [0.1, 0.15) is 52.4 Å². The fourth-order valence-electron chi connectivity index (χ4n) is 2.30. The molecule has 0 atom stereocenters. The number of carbonyl (C=O) groups is 1. The van der Waals surface area contributed by atoms with Crippen LogP contribution in [0.15, 0.2) is 0 Å². The van der Waals surface area contributed by atoms with E-state index >= 15 is 0 Å². The van der Waals surface area contributed by atoms with E-state index in [-0.39, 0.29) is 4.99 Å². The van der Waals surface area contributed by atoms with Gasteiger partial charge in [0.25, 0.3) is 0 Å². The van der Waals surface area contributed by atoms with Gasteiger partial charge in [-0.1, -0.05) is 37.9 Å². The van der Waals surface area contributed by atoms with Crippen molar-refractivity contribution < 1.29 is 13.2 Å². The van der Waals surface area contributed by atoms with Crippen LogP contribution in [0.4, 0.5) is 0 Å². The van der Waals surface area contributed by atoms with E-state index < -0.39 is 26.0 Å². The first-order valence-corrected chi connectivity index (χ1v) is 9.15. The van der Waals surface area contributed by atoms with E-state index in [1.54, 1.807) is 0 Å². The van der Waals surface area contributed by atoms with Crippen LogP contribution in [0.5, 0.6) is 0 Å². The lowest BCUT2D eigenvalue weighted by atomic mass is 9.89. The molecule has 0 spiro atoms. The summed E-state index contributed by atoms with van der Waals surface area (Å²) in [5, 5.41) is 2.83. The molecule has 0 heterocycles. The lowest BCUT2D eigenvalue weighted by molar-refractivity contribution is -0.124. The Kier molecular flexibility index (Phi) is 5.18. The van der Waals surface area contributed by atoms with E-state index in [4.69, 9.17) is 18.0 Å². The molecule has 1 aliphatic carbocycles. The van der Waals surface area contributed by atoms with Gasteiger partial charge >= 0.3 is 0 Å². The summed E-state index contributed by atoms with van der Waals surface area (Å²) in [4.78, 5) is 12.6. The number of hydrogen-bond donors (Lipinski definition) is 2. The topological polar surface area (TPSA) is 89.3 Å². The first-order chi connectivity index (χ1) is 9.03. The summed E-state index contributed by atoms with van der Waals surface area (Å²) in [6.07, 6.45) is 6.42. The van der Waals surface area contributed by atoms with Crippen molar-refractivity contribution in [2.24, 2.45) is 5.73 Å². The molecule has 7 heteroatoms. The third kappa shape index (κ3) is 3.49. The SMILES string of the molecule is CC(C)(C(=O)NC1(C(N)=S)CCCCCC1)S(C)(=O)=O. The summed E-state index contributed by atoms with van der Waals surface area (Å²) in [5.74, 6) is -0.533. The maximum Gasteiger partial charge on any atom is 0.241 e. The van der Waals surface area contributed by atoms with Gasteiger partial charge in [-0.25, -0.2) is 8.42 Å². The molecule has 0 aliphatic heterocycles. The highest BCUT2D eigenvalue weighted by molar-refractivity contribution is 7.92. The van der Waals surface area contributed by atoms with Crippen molar-refractivity contribution in [1.82, 2.24) is 5.32 Å². The Labute approximate surface area is 126 Å². The average Bonchev–Trinajstić information content (AvgIpc) is 2.54. The Morgan fingerprint density at radius 2 is 1.65 bits per heavy atom. The molecule has 0 aromatic rings. The second-order valence-corrected chi connectivity index (χ2v) is 9.10. The van der Waals surface area contributed by atoms with Gasteiger partial charge in [0.2, 0.25) is 5.91 Å². The molecule has 0 aromatic heterocycles. The molecule has 0 bridgehead atoms. The minimum atomic E-state index is -3.51. The highest BCUT2D eigenvalue weighted by Gasteiger charge is 2.44. The van der Waals surface area contributed by atoms with Gasteiger partial charge in [-0.05, 0) is 26.7 Å². The first-order valence-electron chi connectivity index (χ1n) is 6.85. The van der Waals surface area contributed by atoms with E-state index in [0.29, 0.717) is 12.8 Å². The molecule has 0 aromatic carbocycles. The van der Waals surface area contributed by atoms with Crippen LogP contribution in [0, 0.1) is 0 Å². The predicted molar refractivity (Wildman–Crippen MR) is 84.3 cm³/mol. The molecule has 1 aliphatic rings. The summed E-state index contributed by atoms with van der Waals surface area (Å²) >= 11 is 5.14. The Bertz CT molecular complexity index is 490. The van der Waals surface area contributed by atoms with Crippen LogP contribution >= 0.6 is 12.2 Å². The Morgan fingerprint density at radius 1 is 1.20 bits per heavy atom. The molecule has 5 nitrogen and oxygen atoms in total. The lowest BCUT2D eigenvalue weighted by Crippen LogP contribution is -2.61. The molecular weight excluding hydrogens is 296 g/mol. The number of carbonyl (C=O) groups excluding carboxylic acids is 1. The largest absolute Gasteiger partial charge is 0.391 e. The highest BCUT2D eigenvalue weighted by Crippen LogP contribution is 2.29. The van der Waals surface area contributed by atoms with Crippen molar-refractivity contribution in [3.63, 3.8) is 0 Å². The summed E-state index contributed by atoms with van der Waals surface area (Å²) < 4.78 is 22.0. The summed E-state index contributed by atoms with van der Waals surface area (Å²) in [5.41, 5.74) is 5.09. The van der Waals surface area contributed by atoms with E-state index in [0.717, 1.165) is 31.9 Å². The van der Waals surface area contributed by atoms with Crippen molar-refractivity contribution >= 4 is 33.0 Å². The number of amides is 1. The molecule has 0 unspecified atom stereocenters. The quantitative estimate of drug-likeness (QED) is 0.602. The predicted octanol–water partition coefficient (Wildman–Crippen LogP) is 1.30. The fraction of sp³-hybridized carbons (Fsp3) is 0.846. The van der Waals surface area contributed by atoms with E-state index in [1.165, 1.54) is 13.8 Å². The first kappa shape index (κ1) is 17.4. The van der Waals surface area contributed by atoms with Crippen molar-refractivity contribution in [1.29, 1.82) is 0 Å². The molecule has 0 radical (unpaired) electrons. The normalized spacial score (nSPS) is 19.9. The minimum Gasteiger partial charge on any atom is -0.391 e. The number of thiocarbonyl (C=S) groups is 1. The fourth-order valence-corrected chi connectivity index (χ4v) is 2.94. The van der Waals surface area contributed by atoms with Gasteiger partial charge in [0.15, 0.2) is 9.84 Å². The molecular formula is C13H24N2O3S2. The maximum atomic E-state index is 12.4. The molecule has 1 fully saturated rings. The smallest absolute Gasteiger partial charge is 0.241 e. The molecule has 1 amide bonds. The maximum absolute atomic E-state index is 12.4. The number of sulfone groups is 1. The van der Waals surface area contributed by atoms with Gasteiger partial charge in [0.1, 0.15) is 4.75 Å². The van der Waals surface area contributed by atoms with Crippen molar-refractivity contribution in [3.05, 3.63) is 0 Å². The number of nitrogens with two attached hydrogens (primary N) is 1. The third-order valence-corrected chi connectivity index (χ3v) is 6.69. The molecule has 1 saturated carbocycles. The zero-order valence-electron chi connectivity index (χ0n) is 12.4. The standard InChI is InChI=1S/C13H24N2O3S2/c1-12(2,20(3,17)18)11(16)15-13(10(14)19)8-6-4-5-7-9-13/h4-9H2,1-3H3,(H2,14,19)(H,15,16).